The first kappa shape index (κ1) is 13.5. The molecule has 1 aromatic heterocycles. The summed E-state index contributed by atoms with van der Waals surface area (Å²) in [6.07, 6.45) is 11.9. The standard InChI is InChI=1S/C16H26N2/c1-14-8-7-11-18-16(14)13-17-12-15-9-5-3-2-4-6-10-15/h7-8,11,15,17H,2-6,9-10,12-13H2,1H3. The summed E-state index contributed by atoms with van der Waals surface area (Å²) in [5.41, 5.74) is 2.49. The van der Waals surface area contributed by atoms with Crippen LogP contribution >= 0.6 is 0 Å². The van der Waals surface area contributed by atoms with Gasteiger partial charge in [0, 0.05) is 12.7 Å². The Bertz CT molecular complexity index is 341. The van der Waals surface area contributed by atoms with Crippen LogP contribution in [0.25, 0.3) is 0 Å². The van der Waals surface area contributed by atoms with Crippen LogP contribution in [-0.4, -0.2) is 11.5 Å². The lowest BCUT2D eigenvalue weighted by Gasteiger charge is -2.20. The fourth-order valence-electron chi connectivity index (χ4n) is 2.84. The molecule has 1 saturated carbocycles. The van der Waals surface area contributed by atoms with Crippen molar-refractivity contribution in [1.82, 2.24) is 10.3 Å². The van der Waals surface area contributed by atoms with Crippen LogP contribution in [0.1, 0.15) is 56.2 Å². The van der Waals surface area contributed by atoms with Crippen LogP contribution in [0, 0.1) is 12.8 Å². The number of rotatable bonds is 4. The molecule has 1 aromatic rings. The van der Waals surface area contributed by atoms with E-state index in [-0.39, 0.29) is 0 Å². The third kappa shape index (κ3) is 4.41. The zero-order valence-corrected chi connectivity index (χ0v) is 11.6. The summed E-state index contributed by atoms with van der Waals surface area (Å²) in [4.78, 5) is 4.43. The quantitative estimate of drug-likeness (QED) is 0.873. The highest BCUT2D eigenvalue weighted by molar-refractivity contribution is 5.17. The number of aromatic nitrogens is 1. The Morgan fingerprint density at radius 1 is 1.17 bits per heavy atom. The van der Waals surface area contributed by atoms with Crippen molar-refractivity contribution in [3.05, 3.63) is 29.6 Å². The Morgan fingerprint density at radius 2 is 1.89 bits per heavy atom. The molecule has 2 rings (SSSR count). The fraction of sp³-hybridized carbons (Fsp3) is 0.688. The topological polar surface area (TPSA) is 24.9 Å². The summed E-state index contributed by atoms with van der Waals surface area (Å²) in [6.45, 7) is 4.22. The molecule has 0 aromatic carbocycles. The summed E-state index contributed by atoms with van der Waals surface area (Å²) in [5.74, 6) is 0.884. The number of pyridine rings is 1. The molecule has 0 bridgehead atoms. The second-order valence-corrected chi connectivity index (χ2v) is 5.61. The van der Waals surface area contributed by atoms with E-state index in [2.05, 4.69) is 23.3 Å². The molecule has 0 unspecified atom stereocenters. The molecule has 2 nitrogen and oxygen atoms in total. The smallest absolute Gasteiger partial charge is 0.0570 e. The van der Waals surface area contributed by atoms with Gasteiger partial charge in [0.05, 0.1) is 5.69 Å². The molecule has 0 aliphatic heterocycles. The van der Waals surface area contributed by atoms with E-state index in [1.165, 1.54) is 56.2 Å². The molecule has 1 fully saturated rings. The van der Waals surface area contributed by atoms with E-state index in [9.17, 15) is 0 Å². The fourth-order valence-corrected chi connectivity index (χ4v) is 2.84. The van der Waals surface area contributed by atoms with Crippen LogP contribution in [-0.2, 0) is 6.54 Å². The maximum Gasteiger partial charge on any atom is 0.0570 e. The highest BCUT2D eigenvalue weighted by Gasteiger charge is 2.11. The van der Waals surface area contributed by atoms with Crippen molar-refractivity contribution in [3.8, 4) is 0 Å². The molecular weight excluding hydrogens is 220 g/mol. The van der Waals surface area contributed by atoms with Crippen molar-refractivity contribution in [2.45, 2.75) is 58.4 Å². The van der Waals surface area contributed by atoms with E-state index < -0.39 is 0 Å². The molecule has 0 radical (unpaired) electrons. The van der Waals surface area contributed by atoms with Gasteiger partial charge in [-0.3, -0.25) is 4.98 Å². The maximum absolute atomic E-state index is 4.43. The van der Waals surface area contributed by atoms with Crippen molar-refractivity contribution in [2.75, 3.05) is 6.54 Å². The minimum atomic E-state index is 0.884. The average molecular weight is 246 g/mol. The zero-order valence-electron chi connectivity index (χ0n) is 11.6. The van der Waals surface area contributed by atoms with Crippen molar-refractivity contribution in [1.29, 1.82) is 0 Å². The Kier molecular flexibility index (Phi) is 5.66. The van der Waals surface area contributed by atoms with Gasteiger partial charge in [0.1, 0.15) is 0 Å². The van der Waals surface area contributed by atoms with E-state index in [4.69, 9.17) is 0 Å². The number of aryl methyl sites for hydroxylation is 1. The van der Waals surface area contributed by atoms with Crippen LogP contribution in [0.5, 0.6) is 0 Å². The molecule has 2 heteroatoms. The molecular formula is C16H26N2. The van der Waals surface area contributed by atoms with Crippen LogP contribution in [0.4, 0.5) is 0 Å². The average Bonchev–Trinajstić information content (AvgIpc) is 2.34. The minimum absolute atomic E-state index is 0.884. The Balaban J connectivity index is 1.72. The van der Waals surface area contributed by atoms with Crippen LogP contribution in [0.3, 0.4) is 0 Å². The van der Waals surface area contributed by atoms with Gasteiger partial charge in [0.2, 0.25) is 0 Å². The molecule has 1 aliphatic rings. The predicted molar refractivity (Wildman–Crippen MR) is 76.5 cm³/mol. The first-order valence-electron chi connectivity index (χ1n) is 7.47. The van der Waals surface area contributed by atoms with E-state index in [0.717, 1.165) is 19.0 Å². The molecule has 0 saturated heterocycles. The van der Waals surface area contributed by atoms with Crippen molar-refractivity contribution < 1.29 is 0 Å². The molecule has 1 heterocycles. The van der Waals surface area contributed by atoms with E-state index in [0.29, 0.717) is 0 Å². The zero-order chi connectivity index (χ0) is 12.6. The molecule has 0 amide bonds. The Hall–Kier alpha value is -0.890. The second-order valence-electron chi connectivity index (χ2n) is 5.61. The first-order chi connectivity index (χ1) is 8.86. The van der Waals surface area contributed by atoms with Gasteiger partial charge in [-0.15, -0.1) is 0 Å². The molecule has 0 atom stereocenters. The lowest BCUT2D eigenvalue weighted by atomic mass is 9.91. The Morgan fingerprint density at radius 3 is 2.61 bits per heavy atom. The highest BCUT2D eigenvalue weighted by atomic mass is 14.9. The van der Waals surface area contributed by atoms with Gasteiger partial charge >= 0.3 is 0 Å². The normalized spacial score (nSPS) is 18.3. The van der Waals surface area contributed by atoms with Gasteiger partial charge < -0.3 is 5.32 Å². The molecule has 1 aliphatic carbocycles. The van der Waals surface area contributed by atoms with Gasteiger partial charge in [-0.2, -0.15) is 0 Å². The van der Waals surface area contributed by atoms with Crippen molar-refractivity contribution in [2.24, 2.45) is 5.92 Å². The summed E-state index contributed by atoms with van der Waals surface area (Å²) < 4.78 is 0. The lowest BCUT2D eigenvalue weighted by molar-refractivity contribution is 0.360. The van der Waals surface area contributed by atoms with E-state index in [1.54, 1.807) is 0 Å². The summed E-state index contributed by atoms with van der Waals surface area (Å²) in [7, 11) is 0. The molecule has 100 valence electrons. The van der Waals surface area contributed by atoms with Gasteiger partial charge in [-0.25, -0.2) is 0 Å². The van der Waals surface area contributed by atoms with Crippen molar-refractivity contribution in [3.63, 3.8) is 0 Å². The summed E-state index contributed by atoms with van der Waals surface area (Å²) in [6, 6.07) is 4.15. The SMILES string of the molecule is Cc1cccnc1CNCC1CCCCCCC1. The van der Waals surface area contributed by atoms with E-state index >= 15 is 0 Å². The Labute approximate surface area is 111 Å². The largest absolute Gasteiger partial charge is 0.311 e. The van der Waals surface area contributed by atoms with Crippen molar-refractivity contribution >= 4 is 0 Å². The number of nitrogens with zero attached hydrogens (tertiary/aromatic N) is 1. The highest BCUT2D eigenvalue weighted by Crippen LogP contribution is 2.21. The lowest BCUT2D eigenvalue weighted by Crippen LogP contribution is -2.24. The van der Waals surface area contributed by atoms with Gasteiger partial charge in [-0.1, -0.05) is 38.2 Å². The van der Waals surface area contributed by atoms with Gasteiger partial charge in [0.15, 0.2) is 0 Å². The third-order valence-corrected chi connectivity index (χ3v) is 4.07. The molecule has 0 spiro atoms. The van der Waals surface area contributed by atoms with Crippen LogP contribution in [0.2, 0.25) is 0 Å². The third-order valence-electron chi connectivity index (χ3n) is 4.07. The first-order valence-corrected chi connectivity index (χ1v) is 7.47. The number of hydrogen-bond acceptors (Lipinski definition) is 2. The summed E-state index contributed by atoms with van der Waals surface area (Å²) >= 11 is 0. The number of hydrogen-bond donors (Lipinski definition) is 1. The monoisotopic (exact) mass is 246 g/mol. The summed E-state index contributed by atoms with van der Waals surface area (Å²) in [5, 5.41) is 3.60. The predicted octanol–water partition coefficient (Wildman–Crippen LogP) is 3.84. The van der Waals surface area contributed by atoms with Gasteiger partial charge in [0.25, 0.3) is 0 Å². The van der Waals surface area contributed by atoms with Crippen LogP contribution in [0.15, 0.2) is 18.3 Å². The molecule has 18 heavy (non-hydrogen) atoms. The van der Waals surface area contributed by atoms with Crippen LogP contribution < -0.4 is 5.32 Å². The number of nitrogens with one attached hydrogen (secondary N) is 1. The minimum Gasteiger partial charge on any atom is -0.311 e. The van der Waals surface area contributed by atoms with E-state index in [1.807, 2.05) is 12.3 Å². The maximum atomic E-state index is 4.43. The molecule has 1 N–H and O–H groups in total. The van der Waals surface area contributed by atoms with Gasteiger partial charge in [-0.05, 0) is 43.9 Å². The second kappa shape index (κ2) is 7.52.